The number of aromatic nitrogens is 4. The molecule has 2 aromatic carbocycles. The van der Waals surface area contributed by atoms with E-state index in [1.165, 1.54) is 22.8 Å². The van der Waals surface area contributed by atoms with Gasteiger partial charge in [-0.25, -0.2) is 33.4 Å². The van der Waals surface area contributed by atoms with Gasteiger partial charge in [-0.05, 0) is 82.9 Å². The van der Waals surface area contributed by atoms with Crippen LogP contribution in [0, 0.1) is 5.41 Å². The van der Waals surface area contributed by atoms with Gasteiger partial charge in [0, 0.05) is 78.5 Å². The fourth-order valence-electron chi connectivity index (χ4n) is 11.3. The third-order valence-corrected chi connectivity index (χ3v) is 20.8. The van der Waals surface area contributed by atoms with E-state index < -0.39 is 103 Å². The number of alkyl carbamates (subject to hydrolysis) is 1. The number of ether oxygens (including phenoxy) is 3. The number of nitrogens with two attached hydrogens (primary N) is 1. The van der Waals surface area contributed by atoms with Gasteiger partial charge >= 0.3 is 29.6 Å². The number of carbonyl (C=O) groups is 2. The average molecular weight is 1370 g/mol. The number of fused-ring (bicyclic) bond motifs is 4. The molecule has 6 heterocycles. The number of carbonyl (C=O) groups excluding carboxylic acids is 2. The highest BCUT2D eigenvalue weighted by Crippen LogP contribution is 2.66. The number of phosphoric ester groups is 1. The number of anilines is 2. The Balaban J connectivity index is 0.967. The van der Waals surface area contributed by atoms with Crippen molar-refractivity contribution in [3.8, 4) is 5.75 Å². The molecular formula is C55H73N9O22P3S2+. The molecule has 1 saturated heterocycles. The van der Waals surface area contributed by atoms with Crippen LogP contribution in [-0.4, -0.2) is 155 Å². The number of likely N-dealkylation sites (N-methyl/N-ethyl adjacent to an activating group) is 1. The van der Waals surface area contributed by atoms with Crippen LogP contribution in [0.15, 0.2) is 96.2 Å². The number of rotatable bonds is 25. The number of imidazole rings is 1. The summed E-state index contributed by atoms with van der Waals surface area (Å²) in [5, 5.41) is 16.4. The Morgan fingerprint density at radius 2 is 1.64 bits per heavy atom. The minimum atomic E-state index is -5.92. The molecule has 91 heavy (non-hydrogen) atoms. The molecular weight excluding hydrogens is 1300 g/mol. The van der Waals surface area contributed by atoms with Gasteiger partial charge in [-0.15, -0.1) is 0 Å². The highest BCUT2D eigenvalue weighted by Gasteiger charge is 2.51. The second kappa shape index (κ2) is 26.9. The van der Waals surface area contributed by atoms with Crippen LogP contribution in [0.1, 0.15) is 104 Å². The number of nitrogen functional groups attached to an aromatic ring is 1. The summed E-state index contributed by atoms with van der Waals surface area (Å²) in [6, 6.07) is 8.30. The van der Waals surface area contributed by atoms with Crippen molar-refractivity contribution < 1.29 is 106 Å². The van der Waals surface area contributed by atoms with Crippen molar-refractivity contribution in [2.75, 3.05) is 49.2 Å². The van der Waals surface area contributed by atoms with E-state index in [2.05, 4.69) is 110 Å². The van der Waals surface area contributed by atoms with Crippen LogP contribution >= 0.6 is 23.5 Å². The fourth-order valence-corrected chi connectivity index (χ4v) is 15.3. The van der Waals surface area contributed by atoms with Crippen molar-refractivity contribution >= 4 is 101 Å². The summed E-state index contributed by atoms with van der Waals surface area (Å²) >= 11 is 0. The largest absolute Gasteiger partial charge is 0.490 e. The topological polar surface area (TPSA) is 451 Å². The highest BCUT2D eigenvalue weighted by atomic mass is 32.2. The van der Waals surface area contributed by atoms with Crippen molar-refractivity contribution in [1.29, 1.82) is 0 Å². The monoisotopic (exact) mass is 1370 g/mol. The molecule has 0 aliphatic carbocycles. The van der Waals surface area contributed by atoms with Gasteiger partial charge < -0.3 is 60.2 Å². The number of hydrogen-bond donors (Lipinski definition) is 10. The molecule has 11 N–H and O–H groups in total. The second-order valence-electron chi connectivity index (χ2n) is 23.5. The second-order valence-corrected chi connectivity index (χ2v) is 30.9. The molecule has 2 aromatic heterocycles. The number of nitrogens with zero attached hydrogens (tertiary/aromatic N) is 6. The maximum Gasteiger partial charge on any atom is 0.490 e. The van der Waals surface area contributed by atoms with Gasteiger partial charge in [-0.1, -0.05) is 51.2 Å². The van der Waals surface area contributed by atoms with E-state index in [9.17, 15) is 64.1 Å². The number of aliphatic hydroxyl groups is 1. The van der Waals surface area contributed by atoms with E-state index in [1.807, 2.05) is 31.2 Å². The molecule has 2 amide bonds. The number of nitrogens with one attached hydrogen (secondary N) is 2. The highest BCUT2D eigenvalue weighted by molar-refractivity contribution is 7.86. The Morgan fingerprint density at radius 1 is 0.923 bits per heavy atom. The molecule has 8 rings (SSSR count). The molecule has 3 unspecified atom stereocenters. The van der Waals surface area contributed by atoms with E-state index >= 15 is 0 Å². The number of allylic oxidation sites excluding steroid dienone is 9. The number of amides is 2. The lowest BCUT2D eigenvalue weighted by atomic mass is 9.75. The minimum Gasteiger partial charge on any atom is -0.460 e. The predicted octanol–water partition coefficient (Wildman–Crippen LogP) is 6.51. The molecule has 496 valence electrons. The first-order valence-electron chi connectivity index (χ1n) is 28.3. The number of benzene rings is 2. The smallest absolute Gasteiger partial charge is 0.460 e. The zero-order valence-corrected chi connectivity index (χ0v) is 55.0. The lowest BCUT2D eigenvalue weighted by Gasteiger charge is -2.43. The quantitative estimate of drug-likeness (QED) is 0.0111. The van der Waals surface area contributed by atoms with Crippen LogP contribution in [0.25, 0.3) is 22.3 Å². The van der Waals surface area contributed by atoms with Gasteiger partial charge in [0.15, 0.2) is 29.5 Å². The van der Waals surface area contributed by atoms with Crippen molar-refractivity contribution in [2.45, 2.75) is 121 Å². The van der Waals surface area contributed by atoms with Crippen LogP contribution in [0.4, 0.5) is 22.0 Å². The Labute approximate surface area is 524 Å². The number of phosphoric acid groups is 3. The van der Waals surface area contributed by atoms with E-state index in [4.69, 9.17) is 29.7 Å². The average Bonchev–Trinajstić information content (AvgIpc) is 1.73. The minimum absolute atomic E-state index is 0.00767. The standard InChI is InChI=1S/C55H72N9O22P3S2/c1-9-64-40-28-41-37(27-36(40)33(2)29-54(64,6)7)34(25-44(82-41)53(3,4)5)15-11-10-12-16-43-55(8,38-26-35(91(78,79)80)18-19-39(38)62(43)23-14-24-90(75,76)77)20-13-17-45(65)57-21-22-58-52(67)84-48-47(66)42(30-81-88(71,72)86-89(73,74)85-87(68,69)70)83-51(48)63-32-61-46-49(56)59-31-60-50(46)63/h10-12,15-16,18-19,25-29,31-32,42,47-48,51,66H,9,13-14,17,20-24,30H2,1-8H3,(H9-,56,57,58,59,60,65,67,68,69,70,71,72,73,74,75,76,77,78,79,80)/p+1/t42-,47-,48-,51-,55?/m1/s1. The third-order valence-electron chi connectivity index (χ3n) is 15.3. The molecule has 0 radical (unpaired) electrons. The van der Waals surface area contributed by atoms with Gasteiger partial charge in [0.25, 0.3) is 20.2 Å². The molecule has 0 saturated carbocycles. The van der Waals surface area contributed by atoms with E-state index in [1.54, 1.807) is 16.7 Å². The Morgan fingerprint density at radius 3 is 2.31 bits per heavy atom. The molecule has 31 nitrogen and oxygen atoms in total. The number of aliphatic hydroxyl groups excluding tert-OH is 1. The molecule has 4 aliphatic rings. The summed E-state index contributed by atoms with van der Waals surface area (Å²) in [4.78, 5) is 78.1. The third kappa shape index (κ3) is 16.9. The lowest BCUT2D eigenvalue weighted by molar-refractivity contribution is -0.437. The van der Waals surface area contributed by atoms with Crippen molar-refractivity contribution in [3.05, 3.63) is 108 Å². The van der Waals surface area contributed by atoms with Gasteiger partial charge in [0.1, 0.15) is 42.1 Å². The lowest BCUT2D eigenvalue weighted by Crippen LogP contribution is -2.45. The van der Waals surface area contributed by atoms with E-state index in [-0.39, 0.29) is 73.3 Å². The maximum absolute atomic E-state index is 13.5. The summed E-state index contributed by atoms with van der Waals surface area (Å²) in [5.74, 6) is 0.341. The first-order valence-corrected chi connectivity index (χ1v) is 35.9. The first-order chi connectivity index (χ1) is 42.2. The van der Waals surface area contributed by atoms with Crippen LogP contribution in [0.2, 0.25) is 0 Å². The Hall–Kier alpha value is -6.35. The fraction of sp³-hybridized carbons (Fsp3) is 0.455. The summed E-state index contributed by atoms with van der Waals surface area (Å²) in [5.41, 5.74) is 10.9. The molecule has 0 bridgehead atoms. The van der Waals surface area contributed by atoms with Crippen molar-refractivity contribution in [2.24, 2.45) is 5.41 Å². The SMILES string of the molecule is CCN1c2cc3c(cc2C(C)=CC1(C)C)C(=CC=CC=CC1=[N+](CCCS(=O)(=O)O)c2ccc(S(=O)(=O)O)cc2C1(C)CCCC(=O)NCCNC(=O)O[C@@H]1[C@H](O)[C@@H](COP(=O)(O)OP(=O)(O)OP(=O)(O)O)O[C@H]1n1cnc2c(N)ncnc21)C=C(C(C)(C)C)O3. The van der Waals surface area contributed by atoms with Crippen molar-refractivity contribution in [3.63, 3.8) is 0 Å². The van der Waals surface area contributed by atoms with Gasteiger partial charge in [-0.2, -0.15) is 30.0 Å². The molecule has 0 spiro atoms. The van der Waals surface area contributed by atoms with Crippen LogP contribution in [0.5, 0.6) is 5.75 Å². The maximum atomic E-state index is 13.5. The molecule has 4 aliphatic heterocycles. The zero-order chi connectivity index (χ0) is 67.0. The summed E-state index contributed by atoms with van der Waals surface area (Å²) in [6.07, 6.45) is 7.85. The predicted molar refractivity (Wildman–Crippen MR) is 331 cm³/mol. The van der Waals surface area contributed by atoms with Gasteiger partial charge in [0.05, 0.1) is 34.5 Å². The number of hydrogen-bond acceptors (Lipinski definition) is 21. The Kier molecular flexibility index (Phi) is 20.9. The van der Waals surface area contributed by atoms with Gasteiger partial charge in [-0.3, -0.25) is 23.0 Å². The zero-order valence-electron chi connectivity index (χ0n) is 50.6. The Bertz CT molecular complexity index is 4100. The van der Waals surface area contributed by atoms with Crippen molar-refractivity contribution in [1.82, 2.24) is 30.2 Å². The van der Waals surface area contributed by atoms with E-state index in [0.29, 0.717) is 22.7 Å². The van der Waals surface area contributed by atoms with Gasteiger partial charge in [0.2, 0.25) is 11.6 Å². The molecule has 36 heteroatoms. The van der Waals surface area contributed by atoms with Crippen LogP contribution in [-0.2, 0) is 66.8 Å². The summed E-state index contributed by atoms with van der Waals surface area (Å²) in [6.45, 7) is 15.9. The van der Waals surface area contributed by atoms with E-state index in [0.717, 1.165) is 52.9 Å². The van der Waals surface area contributed by atoms with Crippen LogP contribution < -0.4 is 26.0 Å². The normalized spacial score (nSPS) is 22.7. The first kappa shape index (κ1) is 70.5. The summed E-state index contributed by atoms with van der Waals surface area (Å²) < 4.78 is 138. The molecule has 7 atom stereocenters. The molecule has 4 aromatic rings. The van der Waals surface area contributed by atoms with Crippen LogP contribution in [0.3, 0.4) is 0 Å². The molecule has 1 fully saturated rings. The summed E-state index contributed by atoms with van der Waals surface area (Å²) in [7, 11) is -26.5.